The van der Waals surface area contributed by atoms with Crippen LogP contribution in [-0.4, -0.2) is 9.55 Å². The van der Waals surface area contributed by atoms with Crippen LogP contribution in [0.4, 0.5) is 0 Å². The van der Waals surface area contributed by atoms with E-state index in [0.717, 1.165) is 27.4 Å². The Bertz CT molecular complexity index is 767. The van der Waals surface area contributed by atoms with Gasteiger partial charge in [0.15, 0.2) is 4.77 Å². The Hall–Kier alpha value is -1.10. The van der Waals surface area contributed by atoms with E-state index in [1.807, 2.05) is 18.2 Å². The number of thiophene rings is 1. The fraction of sp³-hybridized carbons (Fsp3) is 0.154. The topological polar surface area (TPSA) is 20.7 Å². The van der Waals surface area contributed by atoms with Gasteiger partial charge in [0, 0.05) is 5.02 Å². The largest absolute Gasteiger partial charge is 0.331 e. The lowest BCUT2D eigenvalue weighted by atomic mass is 10.2. The fourth-order valence-electron chi connectivity index (χ4n) is 2.01. The highest BCUT2D eigenvalue weighted by Crippen LogP contribution is 2.22. The molecule has 1 aromatic carbocycles. The molecule has 0 fully saturated rings. The molecule has 18 heavy (non-hydrogen) atoms. The molecule has 3 rings (SSSR count). The van der Waals surface area contributed by atoms with Crippen LogP contribution in [0.3, 0.4) is 0 Å². The molecule has 1 N–H and O–H groups in total. The molecule has 0 aliphatic rings. The number of hydrogen-bond acceptors (Lipinski definition) is 2. The zero-order valence-electron chi connectivity index (χ0n) is 9.74. The molecule has 5 heteroatoms. The summed E-state index contributed by atoms with van der Waals surface area (Å²) in [6.07, 6.45) is 0. The van der Waals surface area contributed by atoms with E-state index >= 15 is 0 Å². The molecule has 0 unspecified atom stereocenters. The molecule has 92 valence electrons. The molecule has 0 spiro atoms. The van der Waals surface area contributed by atoms with E-state index in [2.05, 4.69) is 27.2 Å². The first-order chi connectivity index (χ1) is 8.65. The van der Waals surface area contributed by atoms with Crippen LogP contribution in [0, 0.1) is 11.7 Å². The number of aromatic nitrogens is 2. The molecule has 3 aromatic rings. The predicted molar refractivity (Wildman–Crippen MR) is 80.3 cm³/mol. The number of imidazole rings is 1. The lowest BCUT2D eigenvalue weighted by molar-refractivity contribution is 0.808. The Kier molecular flexibility index (Phi) is 3.01. The van der Waals surface area contributed by atoms with Crippen LogP contribution < -0.4 is 0 Å². The Labute approximate surface area is 119 Å². The standard InChI is InChI=1S/C13H11ClN2S2/c1-8-6-18-7-9(8)5-16-12-3-2-10(14)4-11(12)15-13(16)17/h2-4,6-7H,5H2,1H3,(H,15,17). The summed E-state index contributed by atoms with van der Waals surface area (Å²) in [5.41, 5.74) is 4.70. The highest BCUT2D eigenvalue weighted by Gasteiger charge is 2.07. The van der Waals surface area contributed by atoms with Gasteiger partial charge in [-0.25, -0.2) is 0 Å². The van der Waals surface area contributed by atoms with Gasteiger partial charge in [-0.1, -0.05) is 11.6 Å². The third kappa shape index (κ3) is 2.00. The number of rotatable bonds is 2. The Balaban J connectivity index is 2.15. The van der Waals surface area contributed by atoms with E-state index in [-0.39, 0.29) is 0 Å². The van der Waals surface area contributed by atoms with Gasteiger partial charge in [0.2, 0.25) is 0 Å². The average molecular weight is 295 g/mol. The van der Waals surface area contributed by atoms with Crippen molar-refractivity contribution in [2.45, 2.75) is 13.5 Å². The highest BCUT2D eigenvalue weighted by atomic mass is 35.5. The van der Waals surface area contributed by atoms with Crippen LogP contribution in [0.15, 0.2) is 29.0 Å². The van der Waals surface area contributed by atoms with Gasteiger partial charge in [0.1, 0.15) is 0 Å². The van der Waals surface area contributed by atoms with E-state index in [1.165, 1.54) is 11.1 Å². The van der Waals surface area contributed by atoms with Crippen molar-refractivity contribution in [2.75, 3.05) is 0 Å². The number of halogens is 1. The highest BCUT2D eigenvalue weighted by molar-refractivity contribution is 7.71. The number of nitrogens with zero attached hydrogens (tertiary/aromatic N) is 1. The number of hydrogen-bond donors (Lipinski definition) is 1. The smallest absolute Gasteiger partial charge is 0.178 e. The minimum atomic E-state index is 0.720. The zero-order chi connectivity index (χ0) is 12.7. The third-order valence-corrected chi connectivity index (χ3v) is 4.49. The molecule has 0 atom stereocenters. The van der Waals surface area contributed by atoms with Crippen LogP contribution in [0.1, 0.15) is 11.1 Å². The number of aryl methyl sites for hydroxylation is 1. The molecular weight excluding hydrogens is 284 g/mol. The minimum absolute atomic E-state index is 0.720. The molecule has 0 aliphatic heterocycles. The summed E-state index contributed by atoms with van der Waals surface area (Å²) in [4.78, 5) is 3.20. The summed E-state index contributed by atoms with van der Waals surface area (Å²) < 4.78 is 2.84. The second kappa shape index (κ2) is 4.53. The Morgan fingerprint density at radius 2 is 2.22 bits per heavy atom. The lowest BCUT2D eigenvalue weighted by Gasteiger charge is -2.04. The summed E-state index contributed by atoms with van der Waals surface area (Å²) in [6.45, 7) is 2.93. The molecule has 0 bridgehead atoms. The van der Waals surface area contributed by atoms with Crippen LogP contribution >= 0.6 is 35.2 Å². The van der Waals surface area contributed by atoms with Crippen molar-refractivity contribution in [3.05, 3.63) is 49.9 Å². The number of benzene rings is 1. The van der Waals surface area contributed by atoms with Gasteiger partial charge in [-0.05, 0) is 59.2 Å². The predicted octanol–water partition coefficient (Wildman–Crippen LogP) is 4.77. The van der Waals surface area contributed by atoms with Crippen LogP contribution in [0.2, 0.25) is 5.02 Å². The zero-order valence-corrected chi connectivity index (χ0v) is 12.1. The number of nitrogens with one attached hydrogen (secondary N) is 1. The summed E-state index contributed by atoms with van der Waals surface area (Å²) >= 11 is 13.1. The summed E-state index contributed by atoms with van der Waals surface area (Å²) in [5, 5.41) is 5.05. The Morgan fingerprint density at radius 1 is 1.39 bits per heavy atom. The molecule has 0 saturated heterocycles. The van der Waals surface area contributed by atoms with Crippen LogP contribution in [-0.2, 0) is 6.54 Å². The van der Waals surface area contributed by atoms with E-state index < -0.39 is 0 Å². The van der Waals surface area contributed by atoms with Crippen molar-refractivity contribution in [2.24, 2.45) is 0 Å². The molecule has 0 amide bonds. The van der Waals surface area contributed by atoms with Crippen molar-refractivity contribution in [1.82, 2.24) is 9.55 Å². The quantitative estimate of drug-likeness (QED) is 0.675. The molecule has 0 saturated carbocycles. The summed E-state index contributed by atoms with van der Waals surface area (Å²) in [7, 11) is 0. The minimum Gasteiger partial charge on any atom is -0.331 e. The lowest BCUT2D eigenvalue weighted by Crippen LogP contribution is -1.99. The molecule has 2 nitrogen and oxygen atoms in total. The van der Waals surface area contributed by atoms with Gasteiger partial charge in [-0.3, -0.25) is 0 Å². The first kappa shape index (κ1) is 12.0. The van der Waals surface area contributed by atoms with Crippen LogP contribution in [0.25, 0.3) is 11.0 Å². The van der Waals surface area contributed by atoms with E-state index in [4.69, 9.17) is 23.8 Å². The maximum Gasteiger partial charge on any atom is 0.178 e. The van der Waals surface area contributed by atoms with E-state index in [0.29, 0.717) is 0 Å². The van der Waals surface area contributed by atoms with Gasteiger partial charge < -0.3 is 9.55 Å². The third-order valence-electron chi connectivity index (χ3n) is 3.03. The molecule has 2 heterocycles. The summed E-state index contributed by atoms with van der Waals surface area (Å²) in [5.74, 6) is 0. The van der Waals surface area contributed by atoms with Gasteiger partial charge >= 0.3 is 0 Å². The van der Waals surface area contributed by atoms with Crippen molar-refractivity contribution < 1.29 is 0 Å². The Morgan fingerprint density at radius 3 is 2.94 bits per heavy atom. The maximum absolute atomic E-state index is 5.99. The number of fused-ring (bicyclic) bond motifs is 1. The second-order valence-electron chi connectivity index (χ2n) is 4.26. The molecular formula is C13H11ClN2S2. The molecule has 0 radical (unpaired) electrons. The SMILES string of the molecule is Cc1cscc1Cn1c(=S)[nH]c2cc(Cl)ccc21. The van der Waals surface area contributed by atoms with Crippen molar-refractivity contribution in [3.8, 4) is 0 Å². The second-order valence-corrected chi connectivity index (χ2v) is 5.82. The van der Waals surface area contributed by atoms with E-state index in [1.54, 1.807) is 11.3 Å². The monoisotopic (exact) mass is 294 g/mol. The molecule has 2 aromatic heterocycles. The molecule has 0 aliphatic carbocycles. The van der Waals surface area contributed by atoms with Gasteiger partial charge in [-0.2, -0.15) is 11.3 Å². The van der Waals surface area contributed by atoms with Crippen LogP contribution in [0.5, 0.6) is 0 Å². The van der Waals surface area contributed by atoms with Gasteiger partial charge in [0.25, 0.3) is 0 Å². The normalized spacial score (nSPS) is 11.2. The van der Waals surface area contributed by atoms with Crippen molar-refractivity contribution in [1.29, 1.82) is 0 Å². The van der Waals surface area contributed by atoms with Gasteiger partial charge in [-0.15, -0.1) is 0 Å². The summed E-state index contributed by atoms with van der Waals surface area (Å²) in [6, 6.07) is 5.80. The number of H-pyrrole nitrogens is 1. The first-order valence-electron chi connectivity index (χ1n) is 5.55. The van der Waals surface area contributed by atoms with Gasteiger partial charge in [0.05, 0.1) is 17.6 Å². The van der Waals surface area contributed by atoms with Crippen molar-refractivity contribution in [3.63, 3.8) is 0 Å². The van der Waals surface area contributed by atoms with E-state index in [9.17, 15) is 0 Å². The maximum atomic E-state index is 5.99. The average Bonchev–Trinajstić information content (AvgIpc) is 2.85. The first-order valence-corrected chi connectivity index (χ1v) is 7.28. The van der Waals surface area contributed by atoms with Crippen molar-refractivity contribution >= 4 is 46.2 Å². The fourth-order valence-corrected chi connectivity index (χ4v) is 3.31. The number of aromatic amines is 1.